The fourth-order valence-corrected chi connectivity index (χ4v) is 3.35. The number of ether oxygens (including phenoxy) is 5. The number of benzene rings is 2. The van der Waals surface area contributed by atoms with Crippen molar-refractivity contribution < 1.29 is 33.6 Å². The lowest BCUT2D eigenvalue weighted by molar-refractivity contribution is -0.309. The molecule has 3 rings (SSSR count). The Bertz CT molecular complexity index is 768. The standard InChI is InChI=1S/C23H28O7/c1-16(24)29-21-20(25)19(15-27-13-17-9-5-3-6-10-17)30-23(26-2)22(21)28-14-18-11-7-4-8-12-18/h3-12,19-23,25H,13-15H2,1-2H3/t19-,20-,21+,22-,23-/m1/s1. The van der Waals surface area contributed by atoms with E-state index in [0.717, 1.165) is 11.1 Å². The van der Waals surface area contributed by atoms with Crippen molar-refractivity contribution in [2.24, 2.45) is 0 Å². The van der Waals surface area contributed by atoms with Gasteiger partial charge in [0.1, 0.15) is 18.3 Å². The van der Waals surface area contributed by atoms with Crippen molar-refractivity contribution in [3.8, 4) is 0 Å². The van der Waals surface area contributed by atoms with E-state index in [1.54, 1.807) is 0 Å². The van der Waals surface area contributed by atoms with Crippen LogP contribution in [0.2, 0.25) is 0 Å². The number of aliphatic hydroxyl groups is 1. The fraction of sp³-hybridized carbons (Fsp3) is 0.435. The van der Waals surface area contributed by atoms with Gasteiger partial charge in [0.15, 0.2) is 12.4 Å². The van der Waals surface area contributed by atoms with Crippen molar-refractivity contribution in [1.82, 2.24) is 0 Å². The molecule has 0 saturated carbocycles. The molecule has 0 amide bonds. The van der Waals surface area contributed by atoms with Crippen molar-refractivity contribution in [1.29, 1.82) is 0 Å². The number of aliphatic hydroxyl groups excluding tert-OH is 1. The van der Waals surface area contributed by atoms with E-state index in [2.05, 4.69) is 0 Å². The molecule has 1 heterocycles. The van der Waals surface area contributed by atoms with Gasteiger partial charge < -0.3 is 28.8 Å². The summed E-state index contributed by atoms with van der Waals surface area (Å²) >= 11 is 0. The van der Waals surface area contributed by atoms with Crippen LogP contribution in [0.4, 0.5) is 0 Å². The quantitative estimate of drug-likeness (QED) is 0.629. The lowest BCUT2D eigenvalue weighted by Crippen LogP contribution is -2.61. The van der Waals surface area contributed by atoms with Crippen LogP contribution < -0.4 is 0 Å². The maximum atomic E-state index is 11.7. The van der Waals surface area contributed by atoms with Gasteiger partial charge in [0.2, 0.25) is 0 Å². The van der Waals surface area contributed by atoms with Crippen LogP contribution in [0.15, 0.2) is 60.7 Å². The molecule has 0 radical (unpaired) electrons. The van der Waals surface area contributed by atoms with E-state index >= 15 is 0 Å². The van der Waals surface area contributed by atoms with Gasteiger partial charge in [-0.25, -0.2) is 0 Å². The van der Waals surface area contributed by atoms with E-state index in [9.17, 15) is 9.90 Å². The monoisotopic (exact) mass is 416 g/mol. The molecule has 1 aliphatic heterocycles. The number of carbonyl (C=O) groups is 1. The molecule has 0 spiro atoms. The van der Waals surface area contributed by atoms with Crippen LogP contribution in [0.1, 0.15) is 18.1 Å². The third kappa shape index (κ3) is 6.10. The van der Waals surface area contributed by atoms with Crippen molar-refractivity contribution in [3.63, 3.8) is 0 Å². The smallest absolute Gasteiger partial charge is 0.303 e. The summed E-state index contributed by atoms with van der Waals surface area (Å²) in [6, 6.07) is 19.2. The molecule has 30 heavy (non-hydrogen) atoms. The molecular weight excluding hydrogens is 388 g/mol. The number of esters is 1. The first-order chi connectivity index (χ1) is 14.6. The van der Waals surface area contributed by atoms with Gasteiger partial charge in [-0.3, -0.25) is 4.79 Å². The predicted molar refractivity (Wildman–Crippen MR) is 108 cm³/mol. The molecule has 0 unspecified atom stereocenters. The summed E-state index contributed by atoms with van der Waals surface area (Å²) in [4.78, 5) is 11.7. The minimum Gasteiger partial charge on any atom is -0.457 e. The SMILES string of the molecule is CO[C@@H]1O[C@H](COCc2ccccc2)[C@@H](O)[C@H](OC(C)=O)[C@H]1OCc1ccccc1. The summed E-state index contributed by atoms with van der Waals surface area (Å²) in [5.74, 6) is -0.520. The van der Waals surface area contributed by atoms with Crippen molar-refractivity contribution in [2.75, 3.05) is 13.7 Å². The number of hydrogen-bond acceptors (Lipinski definition) is 7. The number of methoxy groups -OCH3 is 1. The molecular formula is C23H28O7. The molecule has 7 nitrogen and oxygen atoms in total. The van der Waals surface area contributed by atoms with Gasteiger partial charge >= 0.3 is 5.97 Å². The largest absolute Gasteiger partial charge is 0.457 e. The molecule has 1 saturated heterocycles. The first-order valence-corrected chi connectivity index (χ1v) is 9.89. The summed E-state index contributed by atoms with van der Waals surface area (Å²) in [5, 5.41) is 10.8. The van der Waals surface area contributed by atoms with Crippen LogP contribution in [0.5, 0.6) is 0 Å². The van der Waals surface area contributed by atoms with E-state index in [-0.39, 0.29) is 13.2 Å². The van der Waals surface area contributed by atoms with Gasteiger partial charge in [-0.15, -0.1) is 0 Å². The lowest BCUT2D eigenvalue weighted by Gasteiger charge is -2.43. The highest BCUT2D eigenvalue weighted by molar-refractivity contribution is 5.66. The Balaban J connectivity index is 1.65. The third-order valence-electron chi connectivity index (χ3n) is 4.83. The Kier molecular flexibility index (Phi) is 8.36. The van der Waals surface area contributed by atoms with Crippen molar-refractivity contribution in [2.45, 2.75) is 50.8 Å². The van der Waals surface area contributed by atoms with Crippen LogP contribution in [0, 0.1) is 0 Å². The summed E-state index contributed by atoms with van der Waals surface area (Å²) in [5.41, 5.74) is 1.95. The van der Waals surface area contributed by atoms with Gasteiger partial charge in [-0.05, 0) is 11.1 Å². The highest BCUT2D eigenvalue weighted by Gasteiger charge is 2.48. The van der Waals surface area contributed by atoms with Gasteiger partial charge in [0, 0.05) is 14.0 Å². The maximum Gasteiger partial charge on any atom is 0.303 e. The lowest BCUT2D eigenvalue weighted by atomic mass is 9.98. The highest BCUT2D eigenvalue weighted by atomic mass is 16.7. The highest BCUT2D eigenvalue weighted by Crippen LogP contribution is 2.28. The second kappa shape index (κ2) is 11.2. The van der Waals surface area contributed by atoms with Crippen molar-refractivity contribution in [3.05, 3.63) is 71.8 Å². The Morgan fingerprint density at radius 3 is 2.13 bits per heavy atom. The number of rotatable bonds is 9. The zero-order valence-electron chi connectivity index (χ0n) is 17.2. The minimum absolute atomic E-state index is 0.110. The summed E-state index contributed by atoms with van der Waals surface area (Å²) < 4.78 is 28.4. The second-order valence-electron chi connectivity index (χ2n) is 7.11. The van der Waals surface area contributed by atoms with E-state index < -0.39 is 36.7 Å². The van der Waals surface area contributed by atoms with E-state index in [1.807, 2.05) is 60.7 Å². The van der Waals surface area contributed by atoms with Crippen LogP contribution in [0.25, 0.3) is 0 Å². The maximum absolute atomic E-state index is 11.7. The molecule has 0 aliphatic carbocycles. The molecule has 5 atom stereocenters. The molecule has 0 bridgehead atoms. The van der Waals surface area contributed by atoms with E-state index in [0.29, 0.717) is 6.61 Å². The molecule has 1 fully saturated rings. The molecule has 162 valence electrons. The average Bonchev–Trinajstić information content (AvgIpc) is 2.76. The molecule has 1 N–H and O–H groups in total. The first-order valence-electron chi connectivity index (χ1n) is 9.89. The Morgan fingerprint density at radius 2 is 1.57 bits per heavy atom. The zero-order chi connectivity index (χ0) is 21.3. The van der Waals surface area contributed by atoms with E-state index in [1.165, 1.54) is 14.0 Å². The van der Waals surface area contributed by atoms with Crippen LogP contribution in [0.3, 0.4) is 0 Å². The zero-order valence-corrected chi connectivity index (χ0v) is 17.2. The first kappa shape index (κ1) is 22.4. The normalized spacial score (nSPS) is 26.3. The molecule has 0 aromatic heterocycles. The minimum atomic E-state index is -1.13. The summed E-state index contributed by atoms with van der Waals surface area (Å²) in [7, 11) is 1.48. The van der Waals surface area contributed by atoms with Gasteiger partial charge in [-0.1, -0.05) is 60.7 Å². The third-order valence-corrected chi connectivity index (χ3v) is 4.83. The van der Waals surface area contributed by atoms with Gasteiger partial charge in [0.05, 0.1) is 19.8 Å². The predicted octanol–water partition coefficient (Wildman–Crippen LogP) is 2.45. The second-order valence-corrected chi connectivity index (χ2v) is 7.11. The Labute approximate surface area is 176 Å². The molecule has 7 heteroatoms. The van der Waals surface area contributed by atoms with E-state index in [4.69, 9.17) is 23.7 Å². The van der Waals surface area contributed by atoms with Crippen molar-refractivity contribution >= 4 is 5.97 Å². The van der Waals surface area contributed by atoms with Crippen LogP contribution in [-0.2, 0) is 41.7 Å². The molecule has 2 aromatic rings. The average molecular weight is 416 g/mol. The topological polar surface area (TPSA) is 83.5 Å². The summed E-state index contributed by atoms with van der Waals surface area (Å²) in [6.45, 7) is 2.03. The van der Waals surface area contributed by atoms with Gasteiger partial charge in [0.25, 0.3) is 0 Å². The number of carbonyl (C=O) groups excluding carboxylic acids is 1. The Hall–Kier alpha value is -2.29. The summed E-state index contributed by atoms with van der Waals surface area (Å²) in [6.07, 6.45) is -4.43. The number of hydrogen-bond donors (Lipinski definition) is 1. The fourth-order valence-electron chi connectivity index (χ4n) is 3.35. The van der Waals surface area contributed by atoms with Gasteiger partial charge in [-0.2, -0.15) is 0 Å². The molecule has 2 aromatic carbocycles. The Morgan fingerprint density at radius 1 is 0.967 bits per heavy atom. The van der Waals surface area contributed by atoms with Crippen LogP contribution >= 0.6 is 0 Å². The molecule has 1 aliphatic rings. The van der Waals surface area contributed by atoms with Crippen LogP contribution in [-0.4, -0.2) is 55.5 Å².